The number of piperidine rings is 1. The molecule has 1 aromatic heterocycles. The van der Waals surface area contributed by atoms with E-state index < -0.39 is 5.60 Å². The monoisotopic (exact) mass is 335 g/mol. The topological polar surface area (TPSA) is 64.5 Å². The summed E-state index contributed by atoms with van der Waals surface area (Å²) in [5.74, 6) is 0. The molecule has 1 unspecified atom stereocenters. The van der Waals surface area contributed by atoms with Crippen molar-refractivity contribution in [3.63, 3.8) is 0 Å². The summed E-state index contributed by atoms with van der Waals surface area (Å²) in [6.45, 7) is 7.65. The van der Waals surface area contributed by atoms with Gasteiger partial charge in [-0.1, -0.05) is 0 Å². The van der Waals surface area contributed by atoms with Crippen molar-refractivity contribution in [2.45, 2.75) is 71.1 Å². The lowest BCUT2D eigenvalue weighted by Crippen LogP contribution is -2.46. The first-order valence-electron chi connectivity index (χ1n) is 8.78. The molecule has 2 heterocycles. The number of rotatable bonds is 6. The van der Waals surface area contributed by atoms with Gasteiger partial charge in [0.15, 0.2) is 0 Å². The minimum Gasteiger partial charge on any atom is -0.444 e. The first-order valence-corrected chi connectivity index (χ1v) is 8.78. The van der Waals surface area contributed by atoms with Crippen LogP contribution in [-0.2, 0) is 16.1 Å². The lowest BCUT2D eigenvalue weighted by atomic mass is 9.98. The molecule has 1 fully saturated rings. The van der Waals surface area contributed by atoms with E-state index in [4.69, 9.17) is 9.47 Å². The van der Waals surface area contributed by atoms with Gasteiger partial charge in [-0.2, -0.15) is 0 Å². The fraction of sp³-hybridized carbons (Fsp3) is 0.722. The SMILES string of the molecule is CC(C)(C)OC(=O)N1CCCCC1CCCOCc1cnccn1. The molecule has 0 saturated carbocycles. The first-order chi connectivity index (χ1) is 11.5. The van der Waals surface area contributed by atoms with Gasteiger partial charge in [0.25, 0.3) is 0 Å². The smallest absolute Gasteiger partial charge is 0.410 e. The van der Waals surface area contributed by atoms with Gasteiger partial charge in [0, 0.05) is 31.6 Å². The lowest BCUT2D eigenvalue weighted by Gasteiger charge is -2.36. The quantitative estimate of drug-likeness (QED) is 0.744. The summed E-state index contributed by atoms with van der Waals surface area (Å²) in [4.78, 5) is 22.4. The summed E-state index contributed by atoms with van der Waals surface area (Å²) in [6, 6.07) is 0.258. The van der Waals surface area contributed by atoms with Crippen LogP contribution in [0.4, 0.5) is 4.79 Å². The molecule has 134 valence electrons. The van der Waals surface area contributed by atoms with Crippen molar-refractivity contribution in [2.24, 2.45) is 0 Å². The highest BCUT2D eigenvalue weighted by Gasteiger charge is 2.29. The Labute approximate surface area is 144 Å². The minimum absolute atomic E-state index is 0.187. The second-order valence-corrected chi connectivity index (χ2v) is 7.21. The van der Waals surface area contributed by atoms with Gasteiger partial charge in [0.2, 0.25) is 0 Å². The van der Waals surface area contributed by atoms with Gasteiger partial charge in [0.05, 0.1) is 18.5 Å². The van der Waals surface area contributed by atoms with Gasteiger partial charge in [0.1, 0.15) is 5.60 Å². The lowest BCUT2D eigenvalue weighted by molar-refractivity contribution is 0.00724. The van der Waals surface area contributed by atoms with Crippen molar-refractivity contribution in [1.82, 2.24) is 14.9 Å². The number of carbonyl (C=O) groups excluding carboxylic acids is 1. The molecule has 6 heteroatoms. The Balaban J connectivity index is 1.72. The van der Waals surface area contributed by atoms with Crippen molar-refractivity contribution in [3.8, 4) is 0 Å². The van der Waals surface area contributed by atoms with E-state index in [0.717, 1.165) is 37.9 Å². The molecule has 1 aliphatic rings. The summed E-state index contributed by atoms with van der Waals surface area (Å²) < 4.78 is 11.2. The number of nitrogens with zero attached hydrogens (tertiary/aromatic N) is 3. The van der Waals surface area contributed by atoms with E-state index in [9.17, 15) is 4.79 Å². The summed E-state index contributed by atoms with van der Waals surface area (Å²) in [6.07, 6.45) is 9.98. The summed E-state index contributed by atoms with van der Waals surface area (Å²) in [5.41, 5.74) is 0.393. The number of ether oxygens (including phenoxy) is 2. The van der Waals surface area contributed by atoms with E-state index >= 15 is 0 Å². The highest BCUT2D eigenvalue weighted by molar-refractivity contribution is 5.68. The molecule has 0 aromatic carbocycles. The van der Waals surface area contributed by atoms with E-state index in [1.165, 1.54) is 6.42 Å². The van der Waals surface area contributed by atoms with Crippen LogP contribution in [0.1, 0.15) is 58.6 Å². The van der Waals surface area contributed by atoms with Crippen molar-refractivity contribution >= 4 is 6.09 Å². The molecule has 1 amide bonds. The number of hydrogen-bond acceptors (Lipinski definition) is 5. The van der Waals surface area contributed by atoms with E-state index in [1.54, 1.807) is 18.6 Å². The minimum atomic E-state index is -0.446. The molecule has 0 radical (unpaired) electrons. The first kappa shape index (κ1) is 18.6. The maximum atomic E-state index is 12.4. The summed E-state index contributed by atoms with van der Waals surface area (Å²) >= 11 is 0. The molecular weight excluding hydrogens is 306 g/mol. The number of aromatic nitrogens is 2. The maximum Gasteiger partial charge on any atom is 0.410 e. The van der Waals surface area contributed by atoms with Crippen LogP contribution in [0.5, 0.6) is 0 Å². The molecule has 0 N–H and O–H groups in total. The van der Waals surface area contributed by atoms with Gasteiger partial charge in [-0.15, -0.1) is 0 Å². The van der Waals surface area contributed by atoms with Crippen molar-refractivity contribution in [1.29, 1.82) is 0 Å². The van der Waals surface area contributed by atoms with E-state index in [0.29, 0.717) is 13.2 Å². The van der Waals surface area contributed by atoms with Crippen molar-refractivity contribution in [3.05, 3.63) is 24.3 Å². The summed E-state index contributed by atoms with van der Waals surface area (Å²) in [5, 5.41) is 0. The number of amides is 1. The molecule has 0 bridgehead atoms. The Bertz CT molecular complexity index is 502. The second-order valence-electron chi connectivity index (χ2n) is 7.21. The Morgan fingerprint density at radius 3 is 2.88 bits per heavy atom. The molecule has 1 aliphatic heterocycles. The third kappa shape index (κ3) is 6.43. The van der Waals surface area contributed by atoms with E-state index in [2.05, 4.69) is 9.97 Å². The van der Waals surface area contributed by atoms with Gasteiger partial charge in [-0.05, 0) is 52.9 Å². The Morgan fingerprint density at radius 1 is 1.33 bits per heavy atom. The van der Waals surface area contributed by atoms with Crippen molar-refractivity contribution in [2.75, 3.05) is 13.2 Å². The van der Waals surface area contributed by atoms with Gasteiger partial charge >= 0.3 is 6.09 Å². The Hall–Kier alpha value is -1.69. The highest BCUT2D eigenvalue weighted by atomic mass is 16.6. The molecular formula is C18H29N3O3. The van der Waals surface area contributed by atoms with Crippen LogP contribution in [0.3, 0.4) is 0 Å². The summed E-state index contributed by atoms with van der Waals surface area (Å²) in [7, 11) is 0. The number of hydrogen-bond donors (Lipinski definition) is 0. The molecule has 24 heavy (non-hydrogen) atoms. The van der Waals surface area contributed by atoms with Crippen LogP contribution in [0, 0.1) is 0 Å². The van der Waals surface area contributed by atoms with Crippen molar-refractivity contribution < 1.29 is 14.3 Å². The molecule has 1 saturated heterocycles. The van der Waals surface area contributed by atoms with Crippen LogP contribution < -0.4 is 0 Å². The fourth-order valence-corrected chi connectivity index (χ4v) is 2.86. The third-order valence-corrected chi connectivity index (χ3v) is 3.95. The van der Waals surface area contributed by atoms with E-state index in [-0.39, 0.29) is 12.1 Å². The van der Waals surface area contributed by atoms with Crippen LogP contribution >= 0.6 is 0 Å². The third-order valence-electron chi connectivity index (χ3n) is 3.95. The fourth-order valence-electron chi connectivity index (χ4n) is 2.86. The average molecular weight is 335 g/mol. The molecule has 1 atom stereocenters. The predicted octanol–water partition coefficient (Wildman–Crippen LogP) is 3.56. The number of likely N-dealkylation sites (tertiary alicyclic amines) is 1. The zero-order chi connectivity index (χ0) is 17.4. The molecule has 0 spiro atoms. The molecule has 2 rings (SSSR count). The Kier molecular flexibility index (Phi) is 6.97. The highest BCUT2D eigenvalue weighted by Crippen LogP contribution is 2.23. The van der Waals surface area contributed by atoms with E-state index in [1.807, 2.05) is 25.7 Å². The molecule has 6 nitrogen and oxygen atoms in total. The van der Waals surface area contributed by atoms with Gasteiger partial charge in [-0.3, -0.25) is 9.97 Å². The normalized spacial score (nSPS) is 18.5. The second kappa shape index (κ2) is 8.97. The van der Waals surface area contributed by atoms with Crippen LogP contribution in [-0.4, -0.2) is 45.8 Å². The standard InChI is InChI=1S/C18H29N3O3/c1-18(2,3)24-17(22)21-11-5-4-7-16(21)8-6-12-23-14-15-13-19-9-10-20-15/h9-10,13,16H,4-8,11-12,14H2,1-3H3. The average Bonchev–Trinajstić information content (AvgIpc) is 2.54. The van der Waals surface area contributed by atoms with Gasteiger partial charge in [-0.25, -0.2) is 4.79 Å². The number of carbonyl (C=O) groups is 1. The zero-order valence-corrected chi connectivity index (χ0v) is 15.0. The predicted molar refractivity (Wildman–Crippen MR) is 91.5 cm³/mol. The van der Waals surface area contributed by atoms with Crippen LogP contribution in [0.15, 0.2) is 18.6 Å². The van der Waals surface area contributed by atoms with Crippen LogP contribution in [0.2, 0.25) is 0 Å². The van der Waals surface area contributed by atoms with Crippen LogP contribution in [0.25, 0.3) is 0 Å². The zero-order valence-electron chi connectivity index (χ0n) is 15.0. The molecule has 0 aliphatic carbocycles. The largest absolute Gasteiger partial charge is 0.444 e. The molecule has 1 aromatic rings. The van der Waals surface area contributed by atoms with Gasteiger partial charge < -0.3 is 14.4 Å². The maximum absolute atomic E-state index is 12.4. The Morgan fingerprint density at radius 2 is 2.17 bits per heavy atom.